The third-order valence-electron chi connectivity index (χ3n) is 8.46. The Labute approximate surface area is 276 Å². The molecule has 1 fully saturated rings. The van der Waals surface area contributed by atoms with Crippen LogP contribution in [0.4, 0.5) is 5.69 Å². The van der Waals surface area contributed by atoms with Crippen LogP contribution in [0.2, 0.25) is 5.02 Å². The van der Waals surface area contributed by atoms with Crippen molar-refractivity contribution in [3.8, 4) is 16.8 Å². The molecule has 2 aliphatic rings. The number of hydrogen-bond donors (Lipinski definition) is 1. The van der Waals surface area contributed by atoms with E-state index in [2.05, 4.69) is 45.4 Å². The number of aromatic nitrogens is 3. The summed E-state index contributed by atoms with van der Waals surface area (Å²) in [7, 11) is 1.35. The number of rotatable bonds is 5. The zero-order chi connectivity index (χ0) is 32.5. The van der Waals surface area contributed by atoms with Crippen LogP contribution in [0.1, 0.15) is 61.6 Å². The van der Waals surface area contributed by atoms with E-state index in [1.807, 2.05) is 48.2 Å². The van der Waals surface area contributed by atoms with Gasteiger partial charge in [0.2, 0.25) is 5.91 Å². The van der Waals surface area contributed by atoms with E-state index in [-0.39, 0.29) is 18.9 Å². The highest BCUT2D eigenvalue weighted by Gasteiger charge is 2.34. The Hall–Kier alpha value is -4.50. The van der Waals surface area contributed by atoms with Gasteiger partial charge in [0.1, 0.15) is 16.9 Å². The van der Waals surface area contributed by atoms with Crippen molar-refractivity contribution in [3.63, 3.8) is 0 Å². The Kier molecular flexibility index (Phi) is 8.95. The summed E-state index contributed by atoms with van der Waals surface area (Å²) in [5.74, 6) is 6.78. The summed E-state index contributed by atoms with van der Waals surface area (Å²) >= 11 is 7.92. The molecule has 4 aromatic rings. The van der Waals surface area contributed by atoms with E-state index in [1.54, 1.807) is 17.4 Å². The van der Waals surface area contributed by atoms with Gasteiger partial charge in [0.25, 0.3) is 0 Å². The topological polar surface area (TPSA) is 119 Å². The Morgan fingerprint density at radius 2 is 1.80 bits per heavy atom. The molecule has 0 saturated carbocycles. The van der Waals surface area contributed by atoms with Crippen LogP contribution in [0.15, 0.2) is 47.5 Å². The van der Waals surface area contributed by atoms with E-state index >= 15 is 0 Å². The number of esters is 1. The van der Waals surface area contributed by atoms with Gasteiger partial charge in [0, 0.05) is 58.5 Å². The van der Waals surface area contributed by atoms with Crippen LogP contribution in [0.5, 0.6) is 0 Å². The van der Waals surface area contributed by atoms with Gasteiger partial charge >= 0.3 is 5.97 Å². The molecule has 2 aliphatic heterocycles. The lowest BCUT2D eigenvalue weighted by atomic mass is 9.99. The van der Waals surface area contributed by atoms with E-state index in [0.29, 0.717) is 48.2 Å². The van der Waals surface area contributed by atoms with E-state index in [4.69, 9.17) is 27.1 Å². The molecule has 1 saturated heterocycles. The van der Waals surface area contributed by atoms with Crippen LogP contribution in [0.25, 0.3) is 5.00 Å². The predicted molar refractivity (Wildman–Crippen MR) is 180 cm³/mol. The maximum Gasteiger partial charge on any atom is 0.339 e. The van der Waals surface area contributed by atoms with E-state index in [1.165, 1.54) is 12.0 Å². The third kappa shape index (κ3) is 5.91. The van der Waals surface area contributed by atoms with E-state index < -0.39 is 12.0 Å². The van der Waals surface area contributed by atoms with Crippen molar-refractivity contribution in [2.45, 2.75) is 33.2 Å². The molecule has 2 aromatic carbocycles. The monoisotopic (exact) mass is 655 g/mol. The summed E-state index contributed by atoms with van der Waals surface area (Å²) < 4.78 is 6.98. The van der Waals surface area contributed by atoms with Crippen molar-refractivity contribution in [2.24, 2.45) is 10.7 Å². The van der Waals surface area contributed by atoms with Crippen LogP contribution in [-0.4, -0.2) is 77.1 Å². The highest BCUT2D eigenvalue weighted by atomic mass is 35.5. The van der Waals surface area contributed by atoms with Crippen molar-refractivity contribution in [2.75, 3.05) is 44.7 Å². The molecule has 12 heteroatoms. The number of nitrogens with zero attached hydrogens (tertiary/aromatic N) is 6. The Morgan fingerprint density at radius 3 is 2.50 bits per heavy atom. The minimum Gasteiger partial charge on any atom is -0.465 e. The van der Waals surface area contributed by atoms with Crippen molar-refractivity contribution in [1.82, 2.24) is 19.7 Å². The normalized spacial score (nSPS) is 15.7. The van der Waals surface area contributed by atoms with Gasteiger partial charge in [-0.1, -0.05) is 35.6 Å². The summed E-state index contributed by atoms with van der Waals surface area (Å²) in [5, 5.41) is 10.6. The molecule has 2 N–H and O–H groups in total. The molecule has 0 spiro atoms. The number of halogens is 1. The number of thiophene rings is 1. The van der Waals surface area contributed by atoms with E-state index in [9.17, 15) is 9.59 Å². The number of amides is 1. The first-order chi connectivity index (χ1) is 22.2. The van der Waals surface area contributed by atoms with Gasteiger partial charge in [-0.15, -0.1) is 21.5 Å². The minimum atomic E-state index is -0.522. The van der Waals surface area contributed by atoms with Crippen molar-refractivity contribution in [1.29, 1.82) is 0 Å². The number of ether oxygens (including phenoxy) is 1. The number of methoxy groups -OCH3 is 1. The SMILES string of the molecule is COC(=O)c1ccc(N2CCN(C(=O)C[C@@H]3N=C(c4ccc(Cl)cc4)c4c(sc(C)c4C)-n4c(C)nnc43)CC2)cc1C#CCN. The molecule has 10 nitrogen and oxygen atoms in total. The molecule has 1 amide bonds. The van der Waals surface area contributed by atoms with Gasteiger partial charge in [-0.2, -0.15) is 0 Å². The standard InChI is InChI=1S/C34H34ClN7O3S/c1-20-21(2)46-33-30(20)31(23-7-9-25(35)10-8-23)37-28(32-39-38-22(3)42(32)33)19-29(43)41-16-14-40(15-17-41)26-11-12-27(34(44)45-4)24(18-26)6-5-13-36/h7-12,18,28H,13-17,19,36H2,1-4H3/t28-/m0/s1. The number of carbonyl (C=O) groups excluding carboxylic acids is 2. The second kappa shape index (κ2) is 13.1. The van der Waals surface area contributed by atoms with Crippen LogP contribution in [0.3, 0.4) is 0 Å². The molecule has 4 heterocycles. The van der Waals surface area contributed by atoms with Crippen molar-refractivity contribution < 1.29 is 14.3 Å². The third-order valence-corrected chi connectivity index (χ3v) is 9.90. The molecule has 0 radical (unpaired) electrons. The quantitative estimate of drug-likeness (QED) is 0.246. The van der Waals surface area contributed by atoms with Crippen LogP contribution >= 0.6 is 22.9 Å². The van der Waals surface area contributed by atoms with Gasteiger partial charge in [-0.05, 0) is 56.7 Å². The predicted octanol–water partition coefficient (Wildman–Crippen LogP) is 4.64. The number of benzene rings is 2. The fourth-order valence-corrected chi connectivity index (χ4v) is 7.25. The largest absolute Gasteiger partial charge is 0.465 e. The first kappa shape index (κ1) is 31.5. The number of aliphatic imine (C=N–C) groups is 1. The van der Waals surface area contributed by atoms with Crippen molar-refractivity contribution >= 4 is 46.2 Å². The number of anilines is 1. The molecular formula is C34H34ClN7O3S. The number of aryl methyl sites for hydroxylation is 2. The second-order valence-corrected chi connectivity index (χ2v) is 12.8. The minimum absolute atomic E-state index is 0.00440. The molecule has 2 aromatic heterocycles. The summed E-state index contributed by atoms with van der Waals surface area (Å²) in [6, 6.07) is 12.6. The van der Waals surface area contributed by atoms with Gasteiger partial charge in [-0.25, -0.2) is 4.79 Å². The first-order valence-electron chi connectivity index (χ1n) is 15.0. The summed E-state index contributed by atoms with van der Waals surface area (Å²) in [6.45, 7) is 8.66. The highest BCUT2D eigenvalue weighted by Crippen LogP contribution is 2.40. The lowest BCUT2D eigenvalue weighted by molar-refractivity contribution is -0.131. The fraction of sp³-hybridized carbons (Fsp3) is 0.324. The summed E-state index contributed by atoms with van der Waals surface area (Å²) in [6.07, 6.45) is 0.162. The van der Waals surface area contributed by atoms with Gasteiger partial charge in [0.05, 0.1) is 31.4 Å². The molecule has 236 valence electrons. The summed E-state index contributed by atoms with van der Waals surface area (Å²) in [5.41, 5.74) is 11.4. The number of hydrogen-bond acceptors (Lipinski definition) is 9. The van der Waals surface area contributed by atoms with Gasteiger partial charge in [-0.3, -0.25) is 14.4 Å². The first-order valence-corrected chi connectivity index (χ1v) is 16.2. The van der Waals surface area contributed by atoms with Gasteiger partial charge in [0.15, 0.2) is 5.82 Å². The maximum absolute atomic E-state index is 13.9. The molecule has 1 atom stereocenters. The average Bonchev–Trinajstić information content (AvgIpc) is 3.55. The highest BCUT2D eigenvalue weighted by molar-refractivity contribution is 7.15. The zero-order valence-corrected chi connectivity index (χ0v) is 27.7. The zero-order valence-electron chi connectivity index (χ0n) is 26.1. The lowest BCUT2D eigenvalue weighted by Crippen LogP contribution is -2.49. The number of piperazine rings is 1. The molecule has 0 aliphatic carbocycles. The molecular weight excluding hydrogens is 622 g/mol. The average molecular weight is 656 g/mol. The Morgan fingerprint density at radius 1 is 1.07 bits per heavy atom. The Bertz CT molecular complexity index is 1910. The van der Waals surface area contributed by atoms with Crippen LogP contribution in [0, 0.1) is 32.6 Å². The second-order valence-electron chi connectivity index (χ2n) is 11.2. The molecule has 0 unspecified atom stereocenters. The van der Waals surface area contributed by atoms with Crippen molar-refractivity contribution in [3.05, 3.63) is 91.8 Å². The molecule has 46 heavy (non-hydrogen) atoms. The molecule has 0 bridgehead atoms. The number of fused-ring (bicyclic) bond motifs is 3. The molecule has 6 rings (SSSR count). The lowest BCUT2D eigenvalue weighted by Gasteiger charge is -2.36. The maximum atomic E-state index is 13.9. The Balaban J connectivity index is 1.25. The van der Waals surface area contributed by atoms with Crippen LogP contribution < -0.4 is 10.6 Å². The number of nitrogens with two attached hydrogens (primary N) is 1. The van der Waals surface area contributed by atoms with E-state index in [0.717, 1.165) is 38.9 Å². The summed E-state index contributed by atoms with van der Waals surface area (Å²) in [4.78, 5) is 36.6. The fourth-order valence-electron chi connectivity index (χ4n) is 5.91. The number of carbonyl (C=O) groups is 2. The van der Waals surface area contributed by atoms with Gasteiger partial charge < -0.3 is 20.3 Å². The smallest absolute Gasteiger partial charge is 0.339 e. The van der Waals surface area contributed by atoms with Crippen LogP contribution in [-0.2, 0) is 9.53 Å².